The molecule has 7 aromatic rings. The lowest BCUT2D eigenvalue weighted by Crippen LogP contribution is -2.39. The number of carbonyl (C=O) groups excluding carboxylic acids is 1. The predicted molar refractivity (Wildman–Crippen MR) is 214 cm³/mol. The summed E-state index contributed by atoms with van der Waals surface area (Å²) < 4.78 is 3.58. The molecule has 1 fully saturated rings. The van der Waals surface area contributed by atoms with Gasteiger partial charge in [0.1, 0.15) is 11.6 Å². The van der Waals surface area contributed by atoms with Crippen LogP contribution in [0.4, 0.5) is 5.95 Å². The summed E-state index contributed by atoms with van der Waals surface area (Å²) in [7, 11) is 0. The van der Waals surface area contributed by atoms with Crippen LogP contribution in [-0.2, 0) is 23.2 Å². The van der Waals surface area contributed by atoms with Crippen molar-refractivity contribution in [1.29, 1.82) is 0 Å². The molecule has 1 N–H and O–H groups in total. The molecule has 1 unspecified atom stereocenters. The Hall–Kier alpha value is -6.48. The molecular weight excluding hydrogens is 683 g/mol. The number of benzene rings is 5. The molecule has 2 aromatic heterocycles. The van der Waals surface area contributed by atoms with Crippen molar-refractivity contribution in [2.45, 2.75) is 57.0 Å². The highest BCUT2D eigenvalue weighted by atomic mass is 16.2. The molecule has 9 nitrogen and oxygen atoms in total. The van der Waals surface area contributed by atoms with E-state index in [1.165, 1.54) is 0 Å². The van der Waals surface area contributed by atoms with E-state index < -0.39 is 11.6 Å². The summed E-state index contributed by atoms with van der Waals surface area (Å²) in [4.78, 5) is 31.9. The van der Waals surface area contributed by atoms with E-state index in [2.05, 4.69) is 127 Å². The summed E-state index contributed by atoms with van der Waals surface area (Å²) in [5.74, 6) is 1.11. The molecule has 5 aromatic carbocycles. The first-order chi connectivity index (χ1) is 27.1. The summed E-state index contributed by atoms with van der Waals surface area (Å²) in [6.07, 6.45) is 4.94. The van der Waals surface area contributed by atoms with Gasteiger partial charge in [0.05, 0.1) is 5.69 Å². The summed E-state index contributed by atoms with van der Waals surface area (Å²) in [5, 5.41) is 16.7. The first-order valence-electron chi connectivity index (χ1n) is 19.2. The lowest BCUT2D eigenvalue weighted by molar-refractivity contribution is -0.118. The summed E-state index contributed by atoms with van der Waals surface area (Å²) in [6, 6.07) is 47.3. The summed E-state index contributed by atoms with van der Waals surface area (Å²) in [6.45, 7) is 2.13. The van der Waals surface area contributed by atoms with Crippen LogP contribution in [-0.4, -0.2) is 35.7 Å². The third kappa shape index (κ3) is 6.06. The minimum absolute atomic E-state index is 0.105. The zero-order valence-electron chi connectivity index (χ0n) is 30.7. The number of rotatable bonds is 12. The van der Waals surface area contributed by atoms with Gasteiger partial charge in [-0.25, -0.2) is 9.67 Å². The molecule has 2 aliphatic rings. The van der Waals surface area contributed by atoms with Gasteiger partial charge in [0.25, 0.3) is 5.56 Å². The number of aromatic nitrogens is 6. The molecule has 0 spiro atoms. The van der Waals surface area contributed by atoms with Crippen molar-refractivity contribution in [1.82, 2.24) is 29.8 Å². The maximum absolute atomic E-state index is 14.1. The molecular formula is C46H41N7O2. The van der Waals surface area contributed by atoms with Gasteiger partial charge in [-0.15, -0.1) is 5.10 Å². The van der Waals surface area contributed by atoms with Gasteiger partial charge >= 0.3 is 0 Å². The van der Waals surface area contributed by atoms with Crippen molar-refractivity contribution in [3.8, 4) is 22.5 Å². The number of nitrogens with zero attached hydrogens (tertiary/aromatic N) is 6. The van der Waals surface area contributed by atoms with E-state index in [-0.39, 0.29) is 17.4 Å². The van der Waals surface area contributed by atoms with Crippen LogP contribution in [0.5, 0.6) is 0 Å². The maximum atomic E-state index is 14.1. The average molecular weight is 724 g/mol. The van der Waals surface area contributed by atoms with Crippen LogP contribution in [0.15, 0.2) is 144 Å². The fraction of sp³-hybridized carbons (Fsp3) is 0.217. The Labute approximate surface area is 319 Å². The lowest BCUT2D eigenvalue weighted by atomic mass is 9.77. The Morgan fingerprint density at radius 2 is 1.31 bits per heavy atom. The Morgan fingerprint density at radius 3 is 1.89 bits per heavy atom. The SMILES string of the molecule is CCCCc1nc2n(c(=O)c1Cc1ccc(-c3ccccc3-c3nnnn3C(c3ccccc3)(c3ccccc3)c3ccccc3)cc1)C(C1CC1)C(=O)N2. The minimum Gasteiger partial charge on any atom is -0.294 e. The number of unbranched alkanes of at least 4 members (excludes halogenated alkanes) is 1. The Morgan fingerprint density at radius 1 is 0.727 bits per heavy atom. The Kier molecular flexibility index (Phi) is 8.98. The van der Waals surface area contributed by atoms with Crippen molar-refractivity contribution in [2.75, 3.05) is 5.32 Å². The molecule has 3 heterocycles. The van der Waals surface area contributed by atoms with E-state index in [0.717, 1.165) is 70.3 Å². The van der Waals surface area contributed by atoms with Gasteiger partial charge in [-0.1, -0.05) is 153 Å². The van der Waals surface area contributed by atoms with Gasteiger partial charge in [-0.2, -0.15) is 0 Å². The standard InChI is InChI=1S/C46H41N7O2/c1-2-3-23-40-39(44(55)52-41(33-28-29-33)43(54)48-45(52)47-40)30-31-24-26-32(27-25-31)37-21-13-14-22-38(37)42-49-50-51-53(42)46(34-15-7-4-8-16-34,35-17-9-5-10-18-35)36-19-11-6-12-20-36/h4-22,24-27,33,41H,2-3,23,28-30H2,1H3,(H,47,48,54). The number of tetrazole rings is 1. The van der Waals surface area contributed by atoms with Crippen molar-refractivity contribution in [3.63, 3.8) is 0 Å². The molecule has 0 saturated heterocycles. The van der Waals surface area contributed by atoms with E-state index >= 15 is 0 Å². The average Bonchev–Trinajstić information content (AvgIpc) is 3.85. The predicted octanol–water partition coefficient (Wildman–Crippen LogP) is 8.24. The quantitative estimate of drug-likeness (QED) is 0.127. The fourth-order valence-corrected chi connectivity index (χ4v) is 8.25. The van der Waals surface area contributed by atoms with E-state index in [4.69, 9.17) is 15.3 Å². The van der Waals surface area contributed by atoms with Crippen LogP contribution < -0.4 is 10.9 Å². The van der Waals surface area contributed by atoms with Gasteiger partial charge < -0.3 is 0 Å². The minimum atomic E-state index is -0.883. The molecule has 1 aliphatic carbocycles. The van der Waals surface area contributed by atoms with Crippen LogP contribution in [0.1, 0.15) is 72.2 Å². The molecule has 9 rings (SSSR count). The van der Waals surface area contributed by atoms with Crippen molar-refractivity contribution in [3.05, 3.63) is 183 Å². The highest BCUT2D eigenvalue weighted by molar-refractivity contribution is 5.96. The van der Waals surface area contributed by atoms with Gasteiger partial charge in [0, 0.05) is 17.5 Å². The van der Waals surface area contributed by atoms with Crippen molar-refractivity contribution in [2.24, 2.45) is 5.92 Å². The first-order valence-corrected chi connectivity index (χ1v) is 19.2. The third-order valence-electron chi connectivity index (χ3n) is 11.1. The van der Waals surface area contributed by atoms with Crippen LogP contribution in [0, 0.1) is 5.92 Å². The van der Waals surface area contributed by atoms with Gasteiger partial charge in [-0.3, -0.25) is 19.5 Å². The number of hydrogen-bond acceptors (Lipinski definition) is 6. The highest BCUT2D eigenvalue weighted by Gasteiger charge is 2.44. The molecule has 1 aliphatic heterocycles. The van der Waals surface area contributed by atoms with E-state index in [1.807, 2.05) is 35.0 Å². The second-order valence-electron chi connectivity index (χ2n) is 14.6. The van der Waals surface area contributed by atoms with Crippen LogP contribution in [0.2, 0.25) is 0 Å². The molecule has 55 heavy (non-hydrogen) atoms. The van der Waals surface area contributed by atoms with E-state index in [9.17, 15) is 9.59 Å². The third-order valence-corrected chi connectivity index (χ3v) is 11.1. The van der Waals surface area contributed by atoms with Gasteiger partial charge in [0.15, 0.2) is 5.82 Å². The number of amides is 1. The number of fused-ring (bicyclic) bond motifs is 1. The van der Waals surface area contributed by atoms with Crippen LogP contribution in [0.25, 0.3) is 22.5 Å². The largest absolute Gasteiger partial charge is 0.294 e. The monoisotopic (exact) mass is 723 g/mol. The molecule has 1 atom stereocenters. The summed E-state index contributed by atoms with van der Waals surface area (Å²) in [5.41, 5.74) is 7.41. The summed E-state index contributed by atoms with van der Waals surface area (Å²) >= 11 is 0. The lowest BCUT2D eigenvalue weighted by Gasteiger charge is -2.36. The smallest absolute Gasteiger partial charge is 0.259 e. The molecule has 272 valence electrons. The van der Waals surface area contributed by atoms with Crippen LogP contribution in [0.3, 0.4) is 0 Å². The molecule has 0 bridgehead atoms. The topological polar surface area (TPSA) is 108 Å². The highest BCUT2D eigenvalue weighted by Crippen LogP contribution is 2.44. The number of hydrogen-bond donors (Lipinski definition) is 1. The van der Waals surface area contributed by atoms with Gasteiger partial charge in [-0.05, 0) is 75.4 Å². The normalized spacial score (nSPS) is 15.1. The zero-order chi connectivity index (χ0) is 37.4. The zero-order valence-corrected chi connectivity index (χ0v) is 30.7. The van der Waals surface area contributed by atoms with E-state index in [0.29, 0.717) is 30.2 Å². The van der Waals surface area contributed by atoms with Crippen LogP contribution >= 0.6 is 0 Å². The Bertz CT molecular complexity index is 2430. The number of aryl methyl sites for hydroxylation is 1. The maximum Gasteiger partial charge on any atom is 0.259 e. The molecule has 0 radical (unpaired) electrons. The van der Waals surface area contributed by atoms with E-state index in [1.54, 1.807) is 4.57 Å². The van der Waals surface area contributed by atoms with Gasteiger partial charge in [0.2, 0.25) is 11.9 Å². The molecule has 9 heteroatoms. The molecule has 1 saturated carbocycles. The number of carbonyl (C=O) groups is 1. The fourth-order valence-electron chi connectivity index (χ4n) is 8.25. The molecule has 1 amide bonds. The van der Waals surface area contributed by atoms with Crippen molar-refractivity contribution >= 4 is 11.9 Å². The first kappa shape index (κ1) is 34.3. The second-order valence-corrected chi connectivity index (χ2v) is 14.6. The number of anilines is 1. The number of nitrogens with one attached hydrogen (secondary N) is 1. The Balaban J connectivity index is 1.12. The second kappa shape index (κ2) is 14.4. The van der Waals surface area contributed by atoms with Crippen molar-refractivity contribution < 1.29 is 4.79 Å².